The number of benzene rings is 2. The van der Waals surface area contributed by atoms with E-state index in [1.165, 1.54) is 16.7 Å². The highest BCUT2D eigenvalue weighted by Crippen LogP contribution is 2.28. The van der Waals surface area contributed by atoms with Crippen LogP contribution >= 0.6 is 0 Å². The summed E-state index contributed by atoms with van der Waals surface area (Å²) >= 11 is 0. The number of likely N-dealkylation sites (tertiary alicyclic amines) is 1. The Balaban J connectivity index is 1.64. The smallest absolute Gasteiger partial charge is 0.307 e. The SMILES string of the molecule is Cc1ccc(-c2nn(Cc3ccccc3)cc2CN2CCC(C(=O)O)C2)cc1C. The highest BCUT2D eigenvalue weighted by atomic mass is 16.4. The number of nitrogens with zero attached hydrogens (tertiary/aromatic N) is 3. The van der Waals surface area contributed by atoms with E-state index in [9.17, 15) is 9.90 Å². The number of aromatic nitrogens is 2. The van der Waals surface area contributed by atoms with Crippen molar-refractivity contribution in [3.05, 3.63) is 77.0 Å². The molecule has 0 spiro atoms. The van der Waals surface area contributed by atoms with Crippen molar-refractivity contribution in [2.24, 2.45) is 5.92 Å². The van der Waals surface area contributed by atoms with Gasteiger partial charge in [0.05, 0.1) is 18.2 Å². The van der Waals surface area contributed by atoms with E-state index >= 15 is 0 Å². The van der Waals surface area contributed by atoms with Crippen LogP contribution in [0.5, 0.6) is 0 Å². The summed E-state index contributed by atoms with van der Waals surface area (Å²) in [6, 6.07) is 16.8. The molecule has 29 heavy (non-hydrogen) atoms. The molecule has 1 N–H and O–H groups in total. The predicted octanol–water partition coefficient (Wildman–Crippen LogP) is 4.12. The summed E-state index contributed by atoms with van der Waals surface area (Å²) in [5.41, 5.74) is 6.98. The highest BCUT2D eigenvalue weighted by Gasteiger charge is 2.28. The van der Waals surface area contributed by atoms with Gasteiger partial charge in [-0.25, -0.2) is 0 Å². The Bertz CT molecular complexity index is 1010. The maximum atomic E-state index is 11.3. The van der Waals surface area contributed by atoms with Crippen LogP contribution in [0.2, 0.25) is 0 Å². The maximum absolute atomic E-state index is 11.3. The number of rotatable bonds is 6. The van der Waals surface area contributed by atoms with Gasteiger partial charge in [0, 0.05) is 30.4 Å². The average Bonchev–Trinajstić information content (AvgIpc) is 3.32. The fourth-order valence-corrected chi connectivity index (χ4v) is 3.98. The summed E-state index contributed by atoms with van der Waals surface area (Å²) in [6.45, 7) is 7.09. The van der Waals surface area contributed by atoms with E-state index in [0.29, 0.717) is 13.0 Å². The lowest BCUT2D eigenvalue weighted by atomic mass is 10.0. The molecule has 0 saturated carbocycles. The Morgan fingerprint density at radius 1 is 1.10 bits per heavy atom. The van der Waals surface area contributed by atoms with Crippen molar-refractivity contribution in [1.29, 1.82) is 0 Å². The molecule has 4 rings (SSSR count). The molecular weight excluding hydrogens is 362 g/mol. The minimum Gasteiger partial charge on any atom is -0.481 e. The van der Waals surface area contributed by atoms with Gasteiger partial charge in [0.25, 0.3) is 0 Å². The van der Waals surface area contributed by atoms with Gasteiger partial charge in [0.1, 0.15) is 0 Å². The Morgan fingerprint density at radius 3 is 2.59 bits per heavy atom. The molecule has 5 nitrogen and oxygen atoms in total. The summed E-state index contributed by atoms with van der Waals surface area (Å²) in [5.74, 6) is -0.957. The normalized spacial score (nSPS) is 17.0. The van der Waals surface area contributed by atoms with Gasteiger partial charge >= 0.3 is 5.97 Å². The first-order valence-electron chi connectivity index (χ1n) is 10.1. The van der Waals surface area contributed by atoms with Crippen LogP contribution in [0.15, 0.2) is 54.7 Å². The Hall–Kier alpha value is -2.92. The van der Waals surface area contributed by atoms with Gasteiger partial charge in [0.2, 0.25) is 0 Å². The molecule has 5 heteroatoms. The molecule has 1 aliphatic heterocycles. The van der Waals surface area contributed by atoms with E-state index < -0.39 is 5.97 Å². The third-order valence-electron chi connectivity index (χ3n) is 5.82. The third-order valence-corrected chi connectivity index (χ3v) is 5.82. The predicted molar refractivity (Wildman–Crippen MR) is 114 cm³/mol. The summed E-state index contributed by atoms with van der Waals surface area (Å²) in [6.07, 6.45) is 2.83. The van der Waals surface area contributed by atoms with E-state index in [0.717, 1.165) is 36.5 Å². The molecule has 0 amide bonds. The summed E-state index contributed by atoms with van der Waals surface area (Å²) in [7, 11) is 0. The standard InChI is InChI=1S/C24H27N3O2/c1-17-8-9-20(12-18(17)2)23-22(15-26-11-10-21(14-26)24(28)29)16-27(25-23)13-19-6-4-3-5-7-19/h3-9,12,16,21H,10-11,13-15H2,1-2H3,(H,28,29). The van der Waals surface area contributed by atoms with Crippen molar-refractivity contribution in [2.75, 3.05) is 13.1 Å². The molecule has 1 atom stereocenters. The van der Waals surface area contributed by atoms with Crippen molar-refractivity contribution < 1.29 is 9.90 Å². The molecule has 1 aliphatic rings. The number of carboxylic acids is 1. The first-order valence-corrected chi connectivity index (χ1v) is 10.1. The molecule has 2 aromatic carbocycles. The maximum Gasteiger partial charge on any atom is 0.307 e. The van der Waals surface area contributed by atoms with Crippen LogP contribution in [0.1, 0.15) is 28.7 Å². The van der Waals surface area contributed by atoms with Crippen LogP contribution in [0.4, 0.5) is 0 Å². The molecule has 1 aromatic heterocycles. The Kier molecular flexibility index (Phi) is 5.49. The van der Waals surface area contributed by atoms with Crippen LogP contribution in [-0.2, 0) is 17.9 Å². The summed E-state index contributed by atoms with van der Waals surface area (Å²) < 4.78 is 2.00. The quantitative estimate of drug-likeness (QED) is 0.689. The Morgan fingerprint density at radius 2 is 1.90 bits per heavy atom. The number of carboxylic acid groups (broad SMARTS) is 1. The number of hydrogen-bond acceptors (Lipinski definition) is 3. The van der Waals surface area contributed by atoms with Crippen molar-refractivity contribution in [3.63, 3.8) is 0 Å². The topological polar surface area (TPSA) is 58.4 Å². The van der Waals surface area contributed by atoms with Crippen LogP contribution < -0.4 is 0 Å². The Labute approximate surface area is 171 Å². The minimum absolute atomic E-state index is 0.264. The first-order chi connectivity index (χ1) is 14.0. The molecule has 0 bridgehead atoms. The lowest BCUT2D eigenvalue weighted by Gasteiger charge is -2.15. The van der Waals surface area contributed by atoms with Gasteiger partial charge in [0.15, 0.2) is 0 Å². The van der Waals surface area contributed by atoms with Gasteiger partial charge in [-0.3, -0.25) is 14.4 Å². The zero-order valence-corrected chi connectivity index (χ0v) is 17.0. The van der Waals surface area contributed by atoms with Crippen LogP contribution in [0.25, 0.3) is 11.3 Å². The third kappa shape index (κ3) is 4.40. The van der Waals surface area contributed by atoms with Gasteiger partial charge in [-0.05, 0) is 49.6 Å². The number of aryl methyl sites for hydroxylation is 2. The monoisotopic (exact) mass is 389 g/mol. The van der Waals surface area contributed by atoms with Crippen LogP contribution in [-0.4, -0.2) is 38.8 Å². The van der Waals surface area contributed by atoms with Crippen LogP contribution in [0, 0.1) is 19.8 Å². The second-order valence-corrected chi connectivity index (χ2v) is 8.04. The zero-order valence-electron chi connectivity index (χ0n) is 17.0. The summed E-state index contributed by atoms with van der Waals surface area (Å²) in [5, 5.41) is 14.2. The van der Waals surface area contributed by atoms with E-state index in [1.54, 1.807) is 0 Å². The van der Waals surface area contributed by atoms with E-state index in [2.05, 4.69) is 55.3 Å². The van der Waals surface area contributed by atoms with Crippen LogP contribution in [0.3, 0.4) is 0 Å². The molecule has 1 saturated heterocycles. The summed E-state index contributed by atoms with van der Waals surface area (Å²) in [4.78, 5) is 13.6. The molecule has 2 heterocycles. The first kappa shape index (κ1) is 19.4. The van der Waals surface area contributed by atoms with Crippen molar-refractivity contribution in [1.82, 2.24) is 14.7 Å². The lowest BCUT2D eigenvalue weighted by Crippen LogP contribution is -2.22. The fourth-order valence-electron chi connectivity index (χ4n) is 3.98. The largest absolute Gasteiger partial charge is 0.481 e. The zero-order chi connectivity index (χ0) is 20.4. The van der Waals surface area contributed by atoms with Gasteiger partial charge in [-0.1, -0.05) is 42.5 Å². The minimum atomic E-state index is -0.693. The number of hydrogen-bond donors (Lipinski definition) is 1. The molecule has 0 aliphatic carbocycles. The van der Waals surface area contributed by atoms with Crippen molar-refractivity contribution in [2.45, 2.75) is 33.4 Å². The molecule has 3 aromatic rings. The van der Waals surface area contributed by atoms with E-state index in [4.69, 9.17) is 5.10 Å². The molecule has 1 fully saturated rings. The van der Waals surface area contributed by atoms with Crippen molar-refractivity contribution >= 4 is 5.97 Å². The average molecular weight is 389 g/mol. The molecule has 0 radical (unpaired) electrons. The van der Waals surface area contributed by atoms with Gasteiger partial charge in [-0.2, -0.15) is 5.10 Å². The highest BCUT2D eigenvalue weighted by molar-refractivity contribution is 5.70. The van der Waals surface area contributed by atoms with Gasteiger partial charge in [-0.15, -0.1) is 0 Å². The van der Waals surface area contributed by atoms with E-state index in [-0.39, 0.29) is 5.92 Å². The second-order valence-electron chi connectivity index (χ2n) is 8.04. The fraction of sp³-hybridized carbons (Fsp3) is 0.333. The number of aliphatic carboxylic acids is 1. The lowest BCUT2D eigenvalue weighted by molar-refractivity contribution is -0.141. The van der Waals surface area contributed by atoms with Gasteiger partial charge < -0.3 is 5.11 Å². The second kappa shape index (κ2) is 8.21. The molecular formula is C24H27N3O2. The molecule has 1 unspecified atom stereocenters. The van der Waals surface area contributed by atoms with E-state index in [1.807, 2.05) is 22.9 Å². The molecule has 150 valence electrons. The van der Waals surface area contributed by atoms with Crippen molar-refractivity contribution in [3.8, 4) is 11.3 Å². The number of carbonyl (C=O) groups is 1.